The predicted molar refractivity (Wildman–Crippen MR) is 71.9 cm³/mol. The van der Waals surface area contributed by atoms with Crippen molar-refractivity contribution in [2.75, 3.05) is 26.7 Å². The molecule has 0 radical (unpaired) electrons. The molecule has 0 unspecified atom stereocenters. The van der Waals surface area contributed by atoms with Crippen LogP contribution < -0.4 is 5.32 Å². The number of β-amino-alcohol motifs (C(OH)–C–C–N with tert-alkyl or cyclic N) is 1. The largest absolute Gasteiger partial charge is 0.391 e. The van der Waals surface area contributed by atoms with E-state index in [9.17, 15) is 9.90 Å². The Balaban J connectivity index is 1.48. The third-order valence-corrected chi connectivity index (χ3v) is 4.32. The first kappa shape index (κ1) is 13.5. The van der Waals surface area contributed by atoms with Crippen molar-refractivity contribution in [3.8, 4) is 0 Å². The van der Waals surface area contributed by atoms with Crippen molar-refractivity contribution in [3.63, 3.8) is 0 Å². The molecule has 1 aliphatic heterocycles. The van der Waals surface area contributed by atoms with Crippen molar-refractivity contribution in [1.29, 1.82) is 0 Å². The molecule has 0 spiro atoms. The van der Waals surface area contributed by atoms with Crippen LogP contribution in [0.5, 0.6) is 0 Å². The number of aliphatic hydroxyl groups is 1. The molecule has 0 bridgehead atoms. The Bertz CT molecular complexity index is 471. The van der Waals surface area contributed by atoms with Gasteiger partial charge in [0.1, 0.15) is 0 Å². The summed E-state index contributed by atoms with van der Waals surface area (Å²) in [6.45, 7) is 2.00. The smallest absolute Gasteiger partial charge is 0.220 e. The number of rotatable bonds is 5. The van der Waals surface area contributed by atoms with Gasteiger partial charge in [-0.3, -0.25) is 4.79 Å². The molecule has 1 aromatic heterocycles. The maximum Gasteiger partial charge on any atom is 0.220 e. The lowest BCUT2D eigenvalue weighted by molar-refractivity contribution is -0.122. The van der Waals surface area contributed by atoms with Gasteiger partial charge in [0.25, 0.3) is 0 Å². The van der Waals surface area contributed by atoms with Crippen molar-refractivity contribution in [2.24, 2.45) is 5.92 Å². The molecule has 1 saturated carbocycles. The Kier molecular flexibility index (Phi) is 3.47. The van der Waals surface area contributed by atoms with E-state index in [0.29, 0.717) is 19.5 Å². The minimum absolute atomic E-state index is 0.00258. The van der Waals surface area contributed by atoms with Crippen LogP contribution in [0.2, 0.25) is 0 Å². The Labute approximate surface area is 117 Å². The third kappa shape index (κ3) is 2.69. The van der Waals surface area contributed by atoms with Gasteiger partial charge in [-0.1, -0.05) is 0 Å². The summed E-state index contributed by atoms with van der Waals surface area (Å²) >= 11 is 0. The number of likely N-dealkylation sites (tertiary alicyclic amines) is 1. The van der Waals surface area contributed by atoms with E-state index in [1.54, 1.807) is 17.2 Å². The average Bonchev–Trinajstić information content (AvgIpc) is 2.84. The second kappa shape index (κ2) is 5.14. The number of likely N-dealkylation sites (N-methyl/N-ethyl adjacent to an activating group) is 1. The first-order valence-electron chi connectivity index (χ1n) is 7.09. The van der Waals surface area contributed by atoms with Crippen molar-refractivity contribution in [1.82, 2.24) is 25.2 Å². The van der Waals surface area contributed by atoms with Crippen LogP contribution in [0.4, 0.5) is 0 Å². The van der Waals surface area contributed by atoms with Crippen LogP contribution in [-0.4, -0.2) is 63.7 Å². The number of hydrogen-bond donors (Lipinski definition) is 2. The summed E-state index contributed by atoms with van der Waals surface area (Å²) in [5, 5.41) is 21.1. The molecule has 2 atom stereocenters. The van der Waals surface area contributed by atoms with Gasteiger partial charge >= 0.3 is 0 Å². The Morgan fingerprint density at radius 1 is 1.40 bits per heavy atom. The summed E-state index contributed by atoms with van der Waals surface area (Å²) in [4.78, 5) is 15.8. The van der Waals surface area contributed by atoms with Gasteiger partial charge in [0.2, 0.25) is 5.91 Å². The van der Waals surface area contributed by atoms with E-state index >= 15 is 0 Å². The Morgan fingerprint density at radius 2 is 2.10 bits per heavy atom. The topological polar surface area (TPSA) is 83.3 Å². The molecule has 20 heavy (non-hydrogen) atoms. The molecule has 2 fully saturated rings. The van der Waals surface area contributed by atoms with Crippen LogP contribution >= 0.6 is 0 Å². The first-order chi connectivity index (χ1) is 9.59. The highest BCUT2D eigenvalue weighted by atomic mass is 16.3. The van der Waals surface area contributed by atoms with Gasteiger partial charge in [-0.25, -0.2) is 0 Å². The predicted octanol–water partition coefficient (Wildman–Crippen LogP) is -0.804. The molecule has 0 aromatic carbocycles. The lowest BCUT2D eigenvalue weighted by Gasteiger charge is -2.17. The van der Waals surface area contributed by atoms with Crippen molar-refractivity contribution >= 4 is 5.91 Å². The van der Waals surface area contributed by atoms with Gasteiger partial charge in [0.15, 0.2) is 0 Å². The maximum absolute atomic E-state index is 12.0. The Morgan fingerprint density at radius 3 is 2.65 bits per heavy atom. The summed E-state index contributed by atoms with van der Waals surface area (Å²) in [7, 11) is 1.96. The molecule has 2 heterocycles. The summed E-state index contributed by atoms with van der Waals surface area (Å²) in [5.74, 6) is 0.0424. The van der Waals surface area contributed by atoms with Crippen LogP contribution in [0, 0.1) is 5.92 Å². The molecular weight excluding hydrogens is 258 g/mol. The van der Waals surface area contributed by atoms with E-state index in [1.807, 2.05) is 7.05 Å². The lowest BCUT2D eigenvalue weighted by Crippen LogP contribution is -2.38. The number of amides is 1. The molecule has 110 valence electrons. The van der Waals surface area contributed by atoms with Gasteiger partial charge in [0.05, 0.1) is 24.0 Å². The van der Waals surface area contributed by atoms with E-state index < -0.39 is 6.10 Å². The van der Waals surface area contributed by atoms with E-state index in [0.717, 1.165) is 19.4 Å². The summed E-state index contributed by atoms with van der Waals surface area (Å²) in [6, 6.07) is 0. The molecule has 3 rings (SSSR count). The SMILES string of the molecule is CN1C[C@@H](CC(=O)NCC2(n3nccn3)CC2)[C@H](O)C1. The Hall–Kier alpha value is -1.47. The van der Waals surface area contributed by atoms with Crippen LogP contribution in [0.3, 0.4) is 0 Å². The number of hydrogen-bond acceptors (Lipinski definition) is 5. The van der Waals surface area contributed by atoms with Gasteiger partial charge < -0.3 is 15.3 Å². The minimum atomic E-state index is -0.395. The summed E-state index contributed by atoms with van der Waals surface area (Å²) < 4.78 is 0. The molecule has 2 N–H and O–H groups in total. The van der Waals surface area contributed by atoms with E-state index in [2.05, 4.69) is 20.4 Å². The minimum Gasteiger partial charge on any atom is -0.391 e. The fraction of sp³-hybridized carbons (Fsp3) is 0.769. The van der Waals surface area contributed by atoms with Crippen molar-refractivity contribution < 1.29 is 9.90 Å². The monoisotopic (exact) mass is 279 g/mol. The zero-order valence-electron chi connectivity index (χ0n) is 11.7. The zero-order chi connectivity index (χ0) is 14.2. The number of nitrogens with one attached hydrogen (secondary N) is 1. The number of nitrogens with zero attached hydrogens (tertiary/aromatic N) is 4. The van der Waals surface area contributed by atoms with Gasteiger partial charge in [-0.2, -0.15) is 15.0 Å². The standard InChI is InChI=1S/C13H21N5O2/c1-17-7-10(11(19)8-17)6-12(20)14-9-13(2-3-13)18-15-4-5-16-18/h4-5,10-11,19H,2-3,6-9H2,1H3,(H,14,20)/t10-,11-/m1/s1. The zero-order valence-corrected chi connectivity index (χ0v) is 11.7. The molecule has 1 amide bonds. The second-order valence-electron chi connectivity index (χ2n) is 6.07. The quantitative estimate of drug-likeness (QED) is 0.737. The molecule has 7 nitrogen and oxygen atoms in total. The van der Waals surface area contributed by atoms with E-state index in [1.165, 1.54) is 0 Å². The lowest BCUT2D eigenvalue weighted by atomic mass is 10.0. The van der Waals surface area contributed by atoms with Crippen molar-refractivity contribution in [2.45, 2.75) is 30.9 Å². The normalized spacial score (nSPS) is 28.5. The molecule has 2 aliphatic rings. The van der Waals surface area contributed by atoms with Gasteiger partial charge in [0, 0.05) is 32.0 Å². The van der Waals surface area contributed by atoms with Crippen molar-refractivity contribution in [3.05, 3.63) is 12.4 Å². The fourth-order valence-corrected chi connectivity index (χ4v) is 2.89. The highest BCUT2D eigenvalue weighted by Crippen LogP contribution is 2.41. The van der Waals surface area contributed by atoms with Crippen LogP contribution in [0.1, 0.15) is 19.3 Å². The van der Waals surface area contributed by atoms with Crippen LogP contribution in [0.25, 0.3) is 0 Å². The number of aliphatic hydroxyl groups excluding tert-OH is 1. The van der Waals surface area contributed by atoms with E-state index in [-0.39, 0.29) is 17.4 Å². The summed E-state index contributed by atoms with van der Waals surface area (Å²) in [6.07, 6.45) is 5.30. The van der Waals surface area contributed by atoms with Crippen LogP contribution in [-0.2, 0) is 10.3 Å². The highest BCUT2D eigenvalue weighted by molar-refractivity contribution is 5.76. The third-order valence-electron chi connectivity index (χ3n) is 4.32. The molecule has 1 aromatic rings. The number of carbonyl (C=O) groups is 1. The second-order valence-corrected chi connectivity index (χ2v) is 6.07. The molecule has 1 saturated heterocycles. The summed E-state index contributed by atoms with van der Waals surface area (Å²) in [5.41, 5.74) is -0.121. The highest BCUT2D eigenvalue weighted by Gasteiger charge is 2.46. The van der Waals surface area contributed by atoms with Gasteiger partial charge in [-0.15, -0.1) is 0 Å². The van der Waals surface area contributed by atoms with E-state index in [4.69, 9.17) is 0 Å². The average molecular weight is 279 g/mol. The number of aromatic nitrogens is 3. The van der Waals surface area contributed by atoms with Gasteiger partial charge in [-0.05, 0) is 19.9 Å². The maximum atomic E-state index is 12.0. The van der Waals surface area contributed by atoms with Crippen LogP contribution in [0.15, 0.2) is 12.4 Å². The fourth-order valence-electron chi connectivity index (χ4n) is 2.89. The molecule has 7 heteroatoms. The molecular formula is C13H21N5O2. The molecule has 1 aliphatic carbocycles. The number of carbonyl (C=O) groups excluding carboxylic acids is 1. The first-order valence-corrected chi connectivity index (χ1v) is 7.09.